The summed E-state index contributed by atoms with van der Waals surface area (Å²) in [5.74, 6) is 5.28. The Bertz CT molecular complexity index is 325. The second kappa shape index (κ2) is 4.62. The molecule has 1 aromatic rings. The molecule has 0 aliphatic carbocycles. The zero-order valence-corrected chi connectivity index (χ0v) is 8.45. The lowest BCUT2D eigenvalue weighted by Gasteiger charge is -2.16. The highest BCUT2D eigenvalue weighted by Gasteiger charge is 2.12. The molecule has 0 aromatic heterocycles. The summed E-state index contributed by atoms with van der Waals surface area (Å²) < 4.78 is 0. The molecule has 14 heavy (non-hydrogen) atoms. The van der Waals surface area contributed by atoms with Gasteiger partial charge in [-0.05, 0) is 19.1 Å². The molecule has 4 heteroatoms. The van der Waals surface area contributed by atoms with E-state index in [9.17, 15) is 4.79 Å². The van der Waals surface area contributed by atoms with Crippen LogP contribution >= 0.6 is 0 Å². The fourth-order valence-electron chi connectivity index (χ4n) is 1.14. The van der Waals surface area contributed by atoms with Gasteiger partial charge in [0.25, 0.3) is 5.91 Å². The van der Waals surface area contributed by atoms with Crippen molar-refractivity contribution in [2.75, 3.05) is 19.0 Å². The molecule has 0 aliphatic rings. The molecular weight excluding hydrogens is 178 g/mol. The van der Waals surface area contributed by atoms with Crippen molar-refractivity contribution in [1.82, 2.24) is 4.90 Å². The van der Waals surface area contributed by atoms with Gasteiger partial charge in [-0.1, -0.05) is 12.1 Å². The number of nitrogen functional groups attached to an aromatic ring is 1. The van der Waals surface area contributed by atoms with Gasteiger partial charge in [-0.2, -0.15) is 0 Å². The summed E-state index contributed by atoms with van der Waals surface area (Å²) in [5.41, 5.74) is 3.76. The Balaban J connectivity index is 3.00. The van der Waals surface area contributed by atoms with Gasteiger partial charge in [0.15, 0.2) is 0 Å². The summed E-state index contributed by atoms with van der Waals surface area (Å²) in [4.78, 5) is 13.4. The van der Waals surface area contributed by atoms with Crippen LogP contribution < -0.4 is 11.3 Å². The quantitative estimate of drug-likeness (QED) is 0.557. The van der Waals surface area contributed by atoms with Crippen LogP contribution in [0.2, 0.25) is 0 Å². The molecular formula is C10H15N3O. The van der Waals surface area contributed by atoms with Gasteiger partial charge in [0, 0.05) is 13.6 Å². The molecule has 3 N–H and O–H groups in total. The molecule has 0 heterocycles. The van der Waals surface area contributed by atoms with Crippen LogP contribution in [0.1, 0.15) is 17.3 Å². The maximum Gasteiger partial charge on any atom is 0.255 e. The first-order valence-electron chi connectivity index (χ1n) is 4.51. The van der Waals surface area contributed by atoms with Crippen LogP contribution in [0.25, 0.3) is 0 Å². The second-order valence-corrected chi connectivity index (χ2v) is 3.01. The number of nitrogens with two attached hydrogens (primary N) is 1. The number of carbonyl (C=O) groups excluding carboxylic acids is 1. The number of amides is 1. The fraction of sp³-hybridized carbons (Fsp3) is 0.300. The monoisotopic (exact) mass is 193 g/mol. The first-order chi connectivity index (χ1) is 6.70. The molecule has 4 nitrogen and oxygen atoms in total. The Morgan fingerprint density at radius 2 is 2.14 bits per heavy atom. The standard InChI is InChI=1S/C10H15N3O/c1-3-13(2)10(14)8-6-4-5-7-9(8)12-11/h4-7,12H,3,11H2,1-2H3. The molecule has 0 saturated heterocycles. The third-order valence-electron chi connectivity index (χ3n) is 2.13. The van der Waals surface area contributed by atoms with E-state index >= 15 is 0 Å². The first kappa shape index (κ1) is 10.5. The number of hydrogen-bond donors (Lipinski definition) is 2. The highest BCUT2D eigenvalue weighted by molar-refractivity contribution is 5.99. The molecule has 0 fully saturated rings. The minimum Gasteiger partial charge on any atom is -0.342 e. The van der Waals surface area contributed by atoms with E-state index in [0.29, 0.717) is 17.8 Å². The average molecular weight is 193 g/mol. The van der Waals surface area contributed by atoms with Gasteiger partial charge in [0.1, 0.15) is 0 Å². The van der Waals surface area contributed by atoms with Gasteiger partial charge < -0.3 is 10.3 Å². The van der Waals surface area contributed by atoms with Crippen LogP contribution in [0.3, 0.4) is 0 Å². The van der Waals surface area contributed by atoms with Crippen LogP contribution in [-0.4, -0.2) is 24.4 Å². The predicted molar refractivity (Wildman–Crippen MR) is 56.9 cm³/mol. The maximum absolute atomic E-state index is 11.8. The molecule has 1 rings (SSSR count). The summed E-state index contributed by atoms with van der Waals surface area (Å²) in [6.07, 6.45) is 0. The number of para-hydroxylation sites is 1. The summed E-state index contributed by atoms with van der Waals surface area (Å²) in [6.45, 7) is 2.61. The molecule has 0 saturated carbocycles. The molecule has 0 bridgehead atoms. The van der Waals surface area contributed by atoms with E-state index in [1.165, 1.54) is 0 Å². The largest absolute Gasteiger partial charge is 0.342 e. The average Bonchev–Trinajstić information content (AvgIpc) is 2.26. The Morgan fingerprint density at radius 1 is 1.50 bits per heavy atom. The maximum atomic E-state index is 11.8. The number of anilines is 1. The summed E-state index contributed by atoms with van der Waals surface area (Å²) in [7, 11) is 1.76. The van der Waals surface area contributed by atoms with E-state index in [-0.39, 0.29) is 5.91 Å². The van der Waals surface area contributed by atoms with Gasteiger partial charge in [-0.25, -0.2) is 0 Å². The zero-order chi connectivity index (χ0) is 10.6. The molecule has 0 aliphatic heterocycles. The summed E-state index contributed by atoms with van der Waals surface area (Å²) >= 11 is 0. The van der Waals surface area contributed by atoms with E-state index in [2.05, 4.69) is 5.43 Å². The lowest BCUT2D eigenvalue weighted by Crippen LogP contribution is -2.27. The van der Waals surface area contributed by atoms with Crippen molar-refractivity contribution in [3.8, 4) is 0 Å². The Kier molecular flexibility index (Phi) is 3.48. The molecule has 76 valence electrons. The van der Waals surface area contributed by atoms with Gasteiger partial charge in [-0.15, -0.1) is 0 Å². The predicted octanol–water partition coefficient (Wildman–Crippen LogP) is 1.06. The fourth-order valence-corrected chi connectivity index (χ4v) is 1.14. The number of nitrogens with one attached hydrogen (secondary N) is 1. The highest BCUT2D eigenvalue weighted by Crippen LogP contribution is 2.15. The van der Waals surface area contributed by atoms with E-state index in [1.54, 1.807) is 24.1 Å². The van der Waals surface area contributed by atoms with Crippen molar-refractivity contribution in [3.05, 3.63) is 29.8 Å². The lowest BCUT2D eigenvalue weighted by atomic mass is 10.1. The second-order valence-electron chi connectivity index (χ2n) is 3.01. The first-order valence-corrected chi connectivity index (χ1v) is 4.51. The number of benzene rings is 1. The smallest absolute Gasteiger partial charge is 0.255 e. The number of hydrazine groups is 1. The van der Waals surface area contributed by atoms with Gasteiger partial charge >= 0.3 is 0 Å². The minimum absolute atomic E-state index is 0.0268. The third kappa shape index (κ3) is 2.03. The van der Waals surface area contributed by atoms with Crippen molar-refractivity contribution in [2.24, 2.45) is 5.84 Å². The molecule has 1 aromatic carbocycles. The van der Waals surface area contributed by atoms with Gasteiger partial charge in [0.2, 0.25) is 0 Å². The normalized spacial score (nSPS) is 9.64. The third-order valence-corrected chi connectivity index (χ3v) is 2.13. The van der Waals surface area contributed by atoms with Crippen LogP contribution in [-0.2, 0) is 0 Å². The van der Waals surface area contributed by atoms with Crippen molar-refractivity contribution in [2.45, 2.75) is 6.92 Å². The highest BCUT2D eigenvalue weighted by atomic mass is 16.2. The molecule has 0 spiro atoms. The van der Waals surface area contributed by atoms with E-state index in [1.807, 2.05) is 19.1 Å². The molecule has 0 atom stereocenters. The Morgan fingerprint density at radius 3 is 2.71 bits per heavy atom. The van der Waals surface area contributed by atoms with Crippen LogP contribution in [0, 0.1) is 0 Å². The van der Waals surface area contributed by atoms with Crippen molar-refractivity contribution >= 4 is 11.6 Å². The summed E-state index contributed by atoms with van der Waals surface area (Å²) in [5, 5.41) is 0. The van der Waals surface area contributed by atoms with Gasteiger partial charge in [0.05, 0.1) is 11.3 Å². The molecule has 0 radical (unpaired) electrons. The number of carbonyl (C=O) groups is 1. The van der Waals surface area contributed by atoms with E-state index in [0.717, 1.165) is 0 Å². The Hall–Kier alpha value is -1.55. The van der Waals surface area contributed by atoms with Gasteiger partial charge in [-0.3, -0.25) is 10.6 Å². The SMILES string of the molecule is CCN(C)C(=O)c1ccccc1NN. The lowest BCUT2D eigenvalue weighted by molar-refractivity contribution is 0.0803. The van der Waals surface area contributed by atoms with E-state index in [4.69, 9.17) is 5.84 Å². The van der Waals surface area contributed by atoms with Crippen molar-refractivity contribution in [3.63, 3.8) is 0 Å². The molecule has 0 unspecified atom stereocenters. The van der Waals surface area contributed by atoms with Crippen LogP contribution in [0.4, 0.5) is 5.69 Å². The summed E-state index contributed by atoms with van der Waals surface area (Å²) in [6, 6.07) is 7.18. The topological polar surface area (TPSA) is 58.4 Å². The van der Waals surface area contributed by atoms with Crippen molar-refractivity contribution in [1.29, 1.82) is 0 Å². The van der Waals surface area contributed by atoms with Crippen LogP contribution in [0.5, 0.6) is 0 Å². The zero-order valence-electron chi connectivity index (χ0n) is 8.45. The molecule has 1 amide bonds. The van der Waals surface area contributed by atoms with Crippen LogP contribution in [0.15, 0.2) is 24.3 Å². The minimum atomic E-state index is -0.0268. The number of rotatable bonds is 3. The van der Waals surface area contributed by atoms with Crippen molar-refractivity contribution < 1.29 is 4.79 Å². The number of hydrogen-bond acceptors (Lipinski definition) is 3. The Labute approximate surface area is 83.7 Å². The number of nitrogens with zero attached hydrogens (tertiary/aromatic N) is 1. The van der Waals surface area contributed by atoms with E-state index < -0.39 is 0 Å².